The second-order valence-corrected chi connectivity index (χ2v) is 6.83. The van der Waals surface area contributed by atoms with Gasteiger partial charge in [0.05, 0.1) is 16.8 Å². The predicted octanol–water partition coefficient (Wildman–Crippen LogP) is 4.13. The molecule has 0 atom stereocenters. The summed E-state index contributed by atoms with van der Waals surface area (Å²) >= 11 is 6.85. The largest absolute Gasteiger partial charge is 0.508 e. The number of anilines is 1. The summed E-state index contributed by atoms with van der Waals surface area (Å²) in [5.41, 5.74) is 2.56. The van der Waals surface area contributed by atoms with Gasteiger partial charge >= 0.3 is 0 Å². The van der Waals surface area contributed by atoms with Crippen molar-refractivity contribution >= 4 is 55.1 Å². The van der Waals surface area contributed by atoms with Gasteiger partial charge in [0.2, 0.25) is 0 Å². The number of hydrogen-bond donors (Lipinski definition) is 4. The minimum atomic E-state index is -0.339. The van der Waals surface area contributed by atoms with E-state index in [9.17, 15) is 20.1 Å². The van der Waals surface area contributed by atoms with Gasteiger partial charge in [-0.3, -0.25) is 4.79 Å². The quantitative estimate of drug-likeness (QED) is 0.502. The van der Waals surface area contributed by atoms with Crippen LogP contribution < -0.4 is 5.32 Å². The first kappa shape index (κ1) is 15.9. The van der Waals surface area contributed by atoms with E-state index in [1.54, 1.807) is 0 Å². The Bertz CT molecular complexity index is 867. The molecule has 0 fully saturated rings. The fourth-order valence-corrected chi connectivity index (χ4v) is 3.77. The Kier molecular flexibility index (Phi) is 3.85. The van der Waals surface area contributed by atoms with Crippen LogP contribution in [-0.4, -0.2) is 21.2 Å². The molecule has 1 aliphatic rings. The number of hydrogen-bond acceptors (Lipinski definition) is 4. The number of nitrogens with one attached hydrogen (secondary N) is 1. The second kappa shape index (κ2) is 5.58. The van der Waals surface area contributed by atoms with Gasteiger partial charge in [-0.1, -0.05) is 15.9 Å². The van der Waals surface area contributed by atoms with E-state index in [1.165, 1.54) is 6.08 Å². The van der Waals surface area contributed by atoms with Crippen LogP contribution in [0.3, 0.4) is 0 Å². The molecule has 5 nitrogen and oxygen atoms in total. The minimum Gasteiger partial charge on any atom is -0.508 e. The molecule has 0 saturated heterocycles. The van der Waals surface area contributed by atoms with Crippen molar-refractivity contribution in [2.45, 2.75) is 6.92 Å². The molecule has 0 saturated carbocycles. The van der Waals surface area contributed by atoms with Crippen LogP contribution in [0.1, 0.15) is 16.7 Å². The number of benzene rings is 2. The molecular formula is C16H11Br2NO4. The molecule has 0 aliphatic carbocycles. The molecule has 7 heteroatoms. The van der Waals surface area contributed by atoms with Gasteiger partial charge in [0.1, 0.15) is 17.2 Å². The third-order valence-corrected chi connectivity index (χ3v) is 5.09. The topological polar surface area (TPSA) is 89.8 Å². The van der Waals surface area contributed by atoms with Crippen LogP contribution in [0.2, 0.25) is 0 Å². The highest BCUT2D eigenvalue weighted by molar-refractivity contribution is 9.11. The van der Waals surface area contributed by atoms with E-state index in [2.05, 4.69) is 37.2 Å². The molecular weight excluding hydrogens is 430 g/mol. The molecule has 2 aromatic rings. The molecule has 1 aliphatic heterocycles. The van der Waals surface area contributed by atoms with Crippen LogP contribution in [0.25, 0.3) is 11.6 Å². The van der Waals surface area contributed by atoms with Gasteiger partial charge < -0.3 is 20.6 Å². The summed E-state index contributed by atoms with van der Waals surface area (Å²) in [5.74, 6) is -1.24. The zero-order valence-electron chi connectivity index (χ0n) is 11.8. The highest BCUT2D eigenvalue weighted by Crippen LogP contribution is 2.44. The molecule has 0 radical (unpaired) electrons. The van der Waals surface area contributed by atoms with Crippen LogP contribution in [0.4, 0.5) is 5.69 Å². The first-order valence-corrected chi connectivity index (χ1v) is 8.15. The van der Waals surface area contributed by atoms with Crippen molar-refractivity contribution in [3.05, 3.63) is 43.8 Å². The first-order chi connectivity index (χ1) is 10.8. The Balaban J connectivity index is 2.27. The monoisotopic (exact) mass is 439 g/mol. The van der Waals surface area contributed by atoms with Crippen LogP contribution in [0, 0.1) is 6.92 Å². The molecule has 1 heterocycles. The van der Waals surface area contributed by atoms with E-state index in [1.807, 2.05) is 13.0 Å². The first-order valence-electron chi connectivity index (χ1n) is 6.56. The van der Waals surface area contributed by atoms with Crippen LogP contribution in [0.5, 0.6) is 17.2 Å². The van der Waals surface area contributed by atoms with Crippen molar-refractivity contribution in [1.82, 2.24) is 0 Å². The number of phenolic OH excluding ortho intramolecular Hbond substituents is 3. The minimum absolute atomic E-state index is 0.0660. The molecule has 4 N–H and O–H groups in total. The number of carbonyl (C=O) groups excluding carboxylic acids is 1. The smallest absolute Gasteiger partial charge is 0.256 e. The summed E-state index contributed by atoms with van der Waals surface area (Å²) < 4.78 is 1.55. The molecule has 0 aromatic heterocycles. The maximum absolute atomic E-state index is 12.3. The summed E-state index contributed by atoms with van der Waals surface area (Å²) in [6.45, 7) is 1.86. The summed E-state index contributed by atoms with van der Waals surface area (Å²) in [7, 11) is 0. The molecule has 0 bridgehead atoms. The van der Waals surface area contributed by atoms with Gasteiger partial charge in [0.15, 0.2) is 0 Å². The van der Waals surface area contributed by atoms with Gasteiger partial charge in [-0.05, 0) is 40.6 Å². The van der Waals surface area contributed by atoms with E-state index < -0.39 is 0 Å². The highest BCUT2D eigenvalue weighted by atomic mass is 79.9. The van der Waals surface area contributed by atoms with Crippen molar-refractivity contribution in [2.75, 3.05) is 5.32 Å². The Morgan fingerprint density at radius 2 is 1.65 bits per heavy atom. The maximum Gasteiger partial charge on any atom is 0.256 e. The number of amides is 1. The van der Waals surface area contributed by atoms with Gasteiger partial charge in [-0.25, -0.2) is 0 Å². The summed E-state index contributed by atoms with van der Waals surface area (Å²) in [6, 6.07) is 4.04. The van der Waals surface area contributed by atoms with Crippen LogP contribution >= 0.6 is 31.9 Å². The lowest BCUT2D eigenvalue weighted by Crippen LogP contribution is -2.03. The number of carbonyl (C=O) groups is 1. The number of halogens is 2. The van der Waals surface area contributed by atoms with E-state index in [0.717, 1.165) is 26.6 Å². The van der Waals surface area contributed by atoms with Crippen LogP contribution in [0.15, 0.2) is 27.1 Å². The lowest BCUT2D eigenvalue weighted by molar-refractivity contribution is -0.110. The predicted molar refractivity (Wildman–Crippen MR) is 94.5 cm³/mol. The molecule has 2 aromatic carbocycles. The molecule has 3 rings (SSSR count). The van der Waals surface area contributed by atoms with Gasteiger partial charge in [0.25, 0.3) is 5.91 Å². The molecule has 23 heavy (non-hydrogen) atoms. The van der Waals surface area contributed by atoms with Crippen molar-refractivity contribution in [3.63, 3.8) is 0 Å². The Labute approximate surface area is 148 Å². The van der Waals surface area contributed by atoms with Gasteiger partial charge in [0, 0.05) is 26.6 Å². The normalized spacial score (nSPS) is 14.9. The zero-order valence-corrected chi connectivity index (χ0v) is 15.0. The third kappa shape index (κ3) is 2.60. The Morgan fingerprint density at radius 3 is 2.26 bits per heavy atom. The van der Waals surface area contributed by atoms with Crippen LogP contribution in [-0.2, 0) is 4.79 Å². The average Bonchev–Trinajstić information content (AvgIpc) is 2.78. The molecule has 1 amide bonds. The van der Waals surface area contributed by atoms with E-state index in [-0.39, 0.29) is 28.7 Å². The van der Waals surface area contributed by atoms with Crippen molar-refractivity contribution in [1.29, 1.82) is 0 Å². The Hall–Kier alpha value is -1.99. The summed E-state index contributed by atoms with van der Waals surface area (Å²) in [6.07, 6.45) is 1.40. The number of fused-ring (bicyclic) bond motifs is 1. The third-order valence-electron chi connectivity index (χ3n) is 3.64. The Morgan fingerprint density at radius 1 is 1.04 bits per heavy atom. The molecule has 0 unspecified atom stereocenters. The molecule has 0 spiro atoms. The summed E-state index contributed by atoms with van der Waals surface area (Å²) in [5, 5.41) is 32.0. The SMILES string of the molecule is Cc1c(Br)cc(Br)c2c1C(=Cc1c(O)cc(O)cc1O)C(=O)N2. The van der Waals surface area contributed by atoms with Gasteiger partial charge in [-0.2, -0.15) is 0 Å². The maximum atomic E-state index is 12.3. The number of phenols is 3. The lowest BCUT2D eigenvalue weighted by atomic mass is 9.98. The standard InChI is InChI=1S/C16H11Br2NO4/c1-6-10(17)5-11(18)15-14(6)9(16(23)19-15)4-8-12(21)2-7(20)3-13(8)22/h2-5,20-22H,1H3,(H,19,23). The summed E-state index contributed by atoms with van der Waals surface area (Å²) in [4.78, 5) is 12.3. The number of rotatable bonds is 1. The van der Waals surface area contributed by atoms with E-state index >= 15 is 0 Å². The van der Waals surface area contributed by atoms with Gasteiger partial charge in [-0.15, -0.1) is 0 Å². The van der Waals surface area contributed by atoms with Crippen molar-refractivity contribution in [3.8, 4) is 17.2 Å². The fourth-order valence-electron chi connectivity index (χ4n) is 2.51. The average molecular weight is 441 g/mol. The van der Waals surface area contributed by atoms with Crippen molar-refractivity contribution in [2.24, 2.45) is 0 Å². The van der Waals surface area contributed by atoms with E-state index in [0.29, 0.717) is 16.8 Å². The van der Waals surface area contributed by atoms with E-state index in [4.69, 9.17) is 0 Å². The fraction of sp³-hybridized carbons (Fsp3) is 0.0625. The molecule has 118 valence electrons. The highest BCUT2D eigenvalue weighted by Gasteiger charge is 2.29. The zero-order chi connectivity index (χ0) is 16.9. The second-order valence-electron chi connectivity index (χ2n) is 5.13. The number of aromatic hydroxyl groups is 3. The lowest BCUT2D eigenvalue weighted by Gasteiger charge is -2.09. The van der Waals surface area contributed by atoms with Crippen molar-refractivity contribution < 1.29 is 20.1 Å².